The van der Waals surface area contributed by atoms with Gasteiger partial charge in [-0.15, -0.1) is 10.2 Å². The Kier molecular flexibility index (Phi) is 3.96. The highest BCUT2D eigenvalue weighted by Crippen LogP contribution is 2.20. The van der Waals surface area contributed by atoms with E-state index in [-0.39, 0.29) is 13.1 Å². The Balaban J connectivity index is 2.22. The van der Waals surface area contributed by atoms with Crippen LogP contribution in [-0.4, -0.2) is 37.8 Å². The van der Waals surface area contributed by atoms with Crippen molar-refractivity contribution in [2.75, 3.05) is 11.4 Å². The summed E-state index contributed by atoms with van der Waals surface area (Å²) in [5, 5.41) is 21.1. The second-order valence-corrected chi connectivity index (χ2v) is 4.36. The maximum atomic E-state index is 10.9. The lowest BCUT2D eigenvalue weighted by Crippen LogP contribution is -2.29. The van der Waals surface area contributed by atoms with Crippen molar-refractivity contribution in [3.8, 4) is 0 Å². The standard InChI is InChI=1S/C11H12ClN5O2/c1-16-14-10(13-15-16)6-17(7-11(18)19)9-4-2-3-8(12)5-9/h2-5H,6-7H2,1H3,(H,18,19). The van der Waals surface area contributed by atoms with Crippen LogP contribution in [-0.2, 0) is 18.4 Å². The molecule has 0 radical (unpaired) electrons. The third-order valence-corrected chi connectivity index (χ3v) is 2.62. The molecule has 1 N–H and O–H groups in total. The normalized spacial score (nSPS) is 10.4. The Labute approximate surface area is 114 Å². The predicted octanol–water partition coefficient (Wildman–Crippen LogP) is 0.955. The molecule has 0 spiro atoms. The van der Waals surface area contributed by atoms with Crippen LogP contribution in [0.4, 0.5) is 5.69 Å². The minimum Gasteiger partial charge on any atom is -0.480 e. The highest BCUT2D eigenvalue weighted by atomic mass is 35.5. The van der Waals surface area contributed by atoms with Gasteiger partial charge >= 0.3 is 5.97 Å². The first-order chi connectivity index (χ1) is 9.04. The molecule has 100 valence electrons. The first kappa shape index (κ1) is 13.3. The van der Waals surface area contributed by atoms with E-state index in [2.05, 4.69) is 15.4 Å². The third kappa shape index (κ3) is 3.65. The van der Waals surface area contributed by atoms with Gasteiger partial charge in [-0.05, 0) is 23.4 Å². The molecule has 1 aromatic heterocycles. The largest absolute Gasteiger partial charge is 0.480 e. The third-order valence-electron chi connectivity index (χ3n) is 2.38. The molecule has 8 heteroatoms. The summed E-state index contributed by atoms with van der Waals surface area (Å²) in [6.07, 6.45) is 0. The highest BCUT2D eigenvalue weighted by Gasteiger charge is 2.14. The SMILES string of the molecule is Cn1nnc(CN(CC(=O)O)c2cccc(Cl)c2)n1. The summed E-state index contributed by atoms with van der Waals surface area (Å²) in [7, 11) is 1.65. The van der Waals surface area contributed by atoms with Crippen molar-refractivity contribution in [2.45, 2.75) is 6.54 Å². The molecule has 2 rings (SSSR count). The summed E-state index contributed by atoms with van der Waals surface area (Å²) in [4.78, 5) is 13.9. The fraction of sp³-hybridized carbons (Fsp3) is 0.273. The summed E-state index contributed by atoms with van der Waals surface area (Å²) in [5.74, 6) is -0.493. The first-order valence-corrected chi connectivity index (χ1v) is 5.87. The van der Waals surface area contributed by atoms with E-state index in [1.54, 1.807) is 36.2 Å². The van der Waals surface area contributed by atoms with E-state index in [1.165, 1.54) is 4.80 Å². The Morgan fingerprint density at radius 3 is 2.89 bits per heavy atom. The van der Waals surface area contributed by atoms with Crippen molar-refractivity contribution in [1.29, 1.82) is 0 Å². The first-order valence-electron chi connectivity index (χ1n) is 5.50. The molecule has 7 nitrogen and oxygen atoms in total. The average Bonchev–Trinajstić information content (AvgIpc) is 2.73. The molecule has 0 unspecified atom stereocenters. The molecule has 1 heterocycles. The molecule has 0 atom stereocenters. The molecule has 0 amide bonds. The number of aromatic nitrogens is 4. The van der Waals surface area contributed by atoms with Crippen LogP contribution in [0.5, 0.6) is 0 Å². The van der Waals surface area contributed by atoms with Crippen molar-refractivity contribution >= 4 is 23.3 Å². The van der Waals surface area contributed by atoms with Crippen LogP contribution in [0.2, 0.25) is 5.02 Å². The minimum absolute atomic E-state index is 0.168. The molecule has 19 heavy (non-hydrogen) atoms. The van der Waals surface area contributed by atoms with E-state index >= 15 is 0 Å². The predicted molar refractivity (Wildman–Crippen MR) is 68.9 cm³/mol. The molecule has 0 aliphatic carbocycles. The van der Waals surface area contributed by atoms with E-state index in [9.17, 15) is 4.79 Å². The van der Waals surface area contributed by atoms with Gasteiger partial charge in [-0.25, -0.2) is 0 Å². The number of hydrogen-bond donors (Lipinski definition) is 1. The number of nitrogens with zero attached hydrogens (tertiary/aromatic N) is 5. The number of hydrogen-bond acceptors (Lipinski definition) is 5. The van der Waals surface area contributed by atoms with Gasteiger partial charge in [-0.3, -0.25) is 4.79 Å². The van der Waals surface area contributed by atoms with Gasteiger partial charge in [0.05, 0.1) is 13.6 Å². The lowest BCUT2D eigenvalue weighted by molar-refractivity contribution is -0.135. The number of aliphatic carboxylic acids is 1. The maximum absolute atomic E-state index is 10.9. The Hall–Kier alpha value is -2.15. The van der Waals surface area contributed by atoms with Crippen LogP contribution in [0.25, 0.3) is 0 Å². The summed E-state index contributed by atoms with van der Waals surface area (Å²) >= 11 is 5.91. The van der Waals surface area contributed by atoms with E-state index in [4.69, 9.17) is 16.7 Å². The fourth-order valence-corrected chi connectivity index (χ4v) is 1.82. The number of carboxylic acids is 1. The Morgan fingerprint density at radius 1 is 1.53 bits per heavy atom. The molecule has 1 aromatic carbocycles. The molecule has 0 saturated carbocycles. The molecule has 2 aromatic rings. The van der Waals surface area contributed by atoms with Crippen molar-refractivity contribution in [2.24, 2.45) is 7.05 Å². The van der Waals surface area contributed by atoms with Crippen molar-refractivity contribution in [1.82, 2.24) is 20.2 Å². The summed E-state index contributed by atoms with van der Waals surface area (Å²) in [5.41, 5.74) is 0.697. The smallest absolute Gasteiger partial charge is 0.323 e. The number of tetrazole rings is 1. The van der Waals surface area contributed by atoms with E-state index < -0.39 is 5.97 Å². The zero-order valence-corrected chi connectivity index (χ0v) is 10.9. The Morgan fingerprint density at radius 2 is 2.32 bits per heavy atom. The van der Waals surface area contributed by atoms with Gasteiger partial charge in [-0.1, -0.05) is 17.7 Å². The van der Waals surface area contributed by atoms with Gasteiger partial charge in [-0.2, -0.15) is 4.80 Å². The molecular weight excluding hydrogens is 270 g/mol. The topological polar surface area (TPSA) is 84.1 Å². The van der Waals surface area contributed by atoms with Gasteiger partial charge in [0.25, 0.3) is 0 Å². The van der Waals surface area contributed by atoms with Crippen LogP contribution >= 0.6 is 11.6 Å². The summed E-state index contributed by atoms with van der Waals surface area (Å²) < 4.78 is 0. The van der Waals surface area contributed by atoms with Crippen LogP contribution in [0.3, 0.4) is 0 Å². The van der Waals surface area contributed by atoms with Gasteiger partial charge in [0.15, 0.2) is 5.82 Å². The molecule has 0 aliphatic heterocycles. The monoisotopic (exact) mass is 281 g/mol. The second kappa shape index (κ2) is 5.66. The number of benzene rings is 1. The second-order valence-electron chi connectivity index (χ2n) is 3.92. The quantitative estimate of drug-likeness (QED) is 0.878. The zero-order chi connectivity index (χ0) is 13.8. The molecule has 0 saturated heterocycles. The number of carbonyl (C=O) groups is 1. The summed E-state index contributed by atoms with van der Waals surface area (Å²) in [6.45, 7) is 0.0824. The average molecular weight is 282 g/mol. The van der Waals surface area contributed by atoms with Crippen LogP contribution in [0.15, 0.2) is 24.3 Å². The summed E-state index contributed by atoms with van der Waals surface area (Å²) in [6, 6.07) is 6.97. The number of aryl methyl sites for hydroxylation is 1. The van der Waals surface area contributed by atoms with E-state index in [1.807, 2.05) is 0 Å². The van der Waals surface area contributed by atoms with E-state index in [0.29, 0.717) is 16.5 Å². The van der Waals surface area contributed by atoms with E-state index in [0.717, 1.165) is 0 Å². The highest BCUT2D eigenvalue weighted by molar-refractivity contribution is 6.30. The number of carboxylic acid groups (broad SMARTS) is 1. The molecule has 0 bridgehead atoms. The lowest BCUT2D eigenvalue weighted by atomic mass is 10.3. The van der Waals surface area contributed by atoms with Gasteiger partial charge in [0, 0.05) is 10.7 Å². The molecule has 0 fully saturated rings. The van der Waals surface area contributed by atoms with Crippen LogP contribution in [0, 0.1) is 0 Å². The molecule has 0 aliphatic rings. The number of rotatable bonds is 5. The van der Waals surface area contributed by atoms with Crippen molar-refractivity contribution < 1.29 is 9.90 Å². The Bertz CT molecular complexity index is 586. The number of anilines is 1. The van der Waals surface area contributed by atoms with Crippen molar-refractivity contribution in [3.05, 3.63) is 35.1 Å². The van der Waals surface area contributed by atoms with Crippen LogP contribution < -0.4 is 4.90 Å². The van der Waals surface area contributed by atoms with Gasteiger partial charge < -0.3 is 10.0 Å². The minimum atomic E-state index is -0.941. The lowest BCUT2D eigenvalue weighted by Gasteiger charge is -2.21. The van der Waals surface area contributed by atoms with Crippen molar-refractivity contribution in [3.63, 3.8) is 0 Å². The van der Waals surface area contributed by atoms with Gasteiger partial charge in [0.2, 0.25) is 0 Å². The maximum Gasteiger partial charge on any atom is 0.323 e. The molecular formula is C11H12ClN5O2. The fourth-order valence-electron chi connectivity index (χ4n) is 1.63. The zero-order valence-electron chi connectivity index (χ0n) is 10.2. The number of halogens is 1. The van der Waals surface area contributed by atoms with Gasteiger partial charge in [0.1, 0.15) is 6.54 Å². The van der Waals surface area contributed by atoms with Crippen LogP contribution in [0.1, 0.15) is 5.82 Å².